The molecule has 0 fully saturated rings. The van der Waals surface area contributed by atoms with Gasteiger partial charge >= 0.3 is 12.1 Å². The Morgan fingerprint density at radius 1 is 1.07 bits per heavy atom. The molecule has 0 radical (unpaired) electrons. The minimum atomic E-state index is -5.20. The minimum absolute atomic E-state index is 0.331. The molecule has 0 spiro atoms. The molecule has 3 rings (SSSR count). The number of esters is 1. The van der Waals surface area contributed by atoms with Crippen molar-refractivity contribution in [1.82, 2.24) is 5.32 Å². The number of fused-ring (bicyclic) bond motifs is 1. The van der Waals surface area contributed by atoms with Crippen LogP contribution in [0.25, 0.3) is 0 Å². The maximum absolute atomic E-state index is 13.1. The van der Waals surface area contributed by atoms with E-state index in [2.05, 4.69) is 10.1 Å². The van der Waals surface area contributed by atoms with E-state index in [-0.39, 0.29) is 0 Å². The SMILES string of the molecule is C[C@H](NC(OC(=O)C(F)(F)F)C(=O)N1CCCc2ccccc21)c1ccccc1. The highest BCUT2D eigenvalue weighted by Gasteiger charge is 2.44. The highest BCUT2D eigenvalue weighted by Crippen LogP contribution is 2.28. The van der Waals surface area contributed by atoms with Crippen LogP contribution in [0, 0.1) is 0 Å². The molecule has 0 saturated carbocycles. The summed E-state index contributed by atoms with van der Waals surface area (Å²) in [6.07, 6.45) is -5.54. The van der Waals surface area contributed by atoms with Gasteiger partial charge in [-0.15, -0.1) is 0 Å². The number of hydrogen-bond donors (Lipinski definition) is 1. The number of benzene rings is 2. The van der Waals surface area contributed by atoms with Crippen LogP contribution < -0.4 is 10.2 Å². The molecule has 154 valence electrons. The number of anilines is 1. The summed E-state index contributed by atoms with van der Waals surface area (Å²) in [5.41, 5.74) is 2.28. The lowest BCUT2D eigenvalue weighted by Crippen LogP contribution is -2.52. The van der Waals surface area contributed by atoms with Gasteiger partial charge in [0.15, 0.2) is 0 Å². The maximum Gasteiger partial charge on any atom is 0.490 e. The van der Waals surface area contributed by atoms with Crippen LogP contribution in [0.3, 0.4) is 0 Å². The number of ether oxygens (including phenoxy) is 1. The molecule has 29 heavy (non-hydrogen) atoms. The minimum Gasteiger partial charge on any atom is -0.430 e. The third-order valence-corrected chi connectivity index (χ3v) is 4.76. The zero-order valence-electron chi connectivity index (χ0n) is 15.8. The number of nitrogens with one attached hydrogen (secondary N) is 1. The second-order valence-corrected chi connectivity index (χ2v) is 6.80. The Bertz CT molecular complexity index is 871. The third kappa shape index (κ3) is 4.95. The Kier molecular flexibility index (Phi) is 6.22. The van der Waals surface area contributed by atoms with Crippen LogP contribution in [0.15, 0.2) is 54.6 Å². The molecule has 1 aliphatic rings. The van der Waals surface area contributed by atoms with Crippen molar-refractivity contribution >= 4 is 17.6 Å². The van der Waals surface area contributed by atoms with Crippen molar-refractivity contribution in [3.05, 3.63) is 65.7 Å². The monoisotopic (exact) mass is 406 g/mol. The summed E-state index contributed by atoms with van der Waals surface area (Å²) in [5.74, 6) is -3.15. The molecule has 0 saturated heterocycles. The summed E-state index contributed by atoms with van der Waals surface area (Å²) in [7, 11) is 0. The number of nitrogens with zero attached hydrogens (tertiary/aromatic N) is 1. The van der Waals surface area contributed by atoms with E-state index in [1.807, 2.05) is 12.1 Å². The Hall–Kier alpha value is -2.87. The van der Waals surface area contributed by atoms with Crippen LogP contribution in [0.2, 0.25) is 0 Å². The Balaban J connectivity index is 1.86. The Morgan fingerprint density at radius 3 is 2.41 bits per heavy atom. The fourth-order valence-electron chi connectivity index (χ4n) is 3.30. The van der Waals surface area contributed by atoms with E-state index >= 15 is 0 Å². The van der Waals surface area contributed by atoms with E-state index in [0.29, 0.717) is 18.7 Å². The molecule has 8 heteroatoms. The molecule has 1 heterocycles. The number of para-hydroxylation sites is 1. The van der Waals surface area contributed by atoms with Crippen LogP contribution >= 0.6 is 0 Å². The topological polar surface area (TPSA) is 58.6 Å². The van der Waals surface area contributed by atoms with E-state index in [1.54, 1.807) is 49.4 Å². The predicted octanol–water partition coefficient (Wildman–Crippen LogP) is 3.75. The van der Waals surface area contributed by atoms with Gasteiger partial charge in [-0.3, -0.25) is 10.1 Å². The summed E-state index contributed by atoms with van der Waals surface area (Å²) < 4.78 is 42.9. The first kappa shape index (κ1) is 20.9. The summed E-state index contributed by atoms with van der Waals surface area (Å²) in [6.45, 7) is 2.01. The second kappa shape index (κ2) is 8.65. The third-order valence-electron chi connectivity index (χ3n) is 4.76. The summed E-state index contributed by atoms with van der Waals surface area (Å²) in [4.78, 5) is 25.9. The summed E-state index contributed by atoms with van der Waals surface area (Å²) in [5, 5.41) is 2.73. The van der Waals surface area contributed by atoms with E-state index in [0.717, 1.165) is 17.5 Å². The van der Waals surface area contributed by atoms with Gasteiger partial charge in [-0.25, -0.2) is 4.79 Å². The molecule has 2 aromatic rings. The largest absolute Gasteiger partial charge is 0.490 e. The number of rotatable bonds is 5. The first-order valence-corrected chi connectivity index (χ1v) is 9.25. The van der Waals surface area contributed by atoms with Crippen molar-refractivity contribution in [3.8, 4) is 0 Å². The number of hydrogen-bond acceptors (Lipinski definition) is 4. The van der Waals surface area contributed by atoms with Gasteiger partial charge in [-0.1, -0.05) is 48.5 Å². The predicted molar refractivity (Wildman–Crippen MR) is 101 cm³/mol. The van der Waals surface area contributed by atoms with Crippen molar-refractivity contribution in [2.24, 2.45) is 0 Å². The van der Waals surface area contributed by atoms with E-state index < -0.39 is 30.3 Å². The van der Waals surface area contributed by atoms with Crippen LogP contribution in [0.4, 0.5) is 18.9 Å². The Morgan fingerprint density at radius 2 is 1.72 bits per heavy atom. The highest BCUT2D eigenvalue weighted by atomic mass is 19.4. The summed E-state index contributed by atoms with van der Waals surface area (Å²) in [6, 6.07) is 15.5. The van der Waals surface area contributed by atoms with Crippen molar-refractivity contribution in [1.29, 1.82) is 0 Å². The maximum atomic E-state index is 13.1. The first-order chi connectivity index (χ1) is 13.8. The van der Waals surface area contributed by atoms with Gasteiger partial charge < -0.3 is 9.64 Å². The molecule has 1 amide bonds. The first-order valence-electron chi connectivity index (χ1n) is 9.25. The number of amides is 1. The molecule has 0 aliphatic carbocycles. The van der Waals surface area contributed by atoms with Gasteiger partial charge in [-0.2, -0.15) is 13.2 Å². The molecule has 2 atom stereocenters. The molecule has 2 aromatic carbocycles. The lowest BCUT2D eigenvalue weighted by atomic mass is 10.0. The van der Waals surface area contributed by atoms with Gasteiger partial charge in [0.05, 0.1) is 0 Å². The normalized spacial score (nSPS) is 15.9. The van der Waals surface area contributed by atoms with E-state index in [4.69, 9.17) is 0 Å². The molecule has 1 aliphatic heterocycles. The molecule has 1 unspecified atom stereocenters. The van der Waals surface area contributed by atoms with E-state index in [1.165, 1.54) is 4.90 Å². The average molecular weight is 406 g/mol. The highest BCUT2D eigenvalue weighted by molar-refractivity contribution is 5.98. The van der Waals surface area contributed by atoms with Crippen LogP contribution in [-0.2, 0) is 20.7 Å². The van der Waals surface area contributed by atoms with Gasteiger partial charge in [0, 0.05) is 18.3 Å². The molecular weight excluding hydrogens is 385 g/mol. The quantitative estimate of drug-likeness (QED) is 0.607. The van der Waals surface area contributed by atoms with Gasteiger partial charge in [-0.05, 0) is 37.0 Å². The zero-order valence-corrected chi connectivity index (χ0v) is 15.8. The lowest BCUT2D eigenvalue weighted by molar-refractivity contribution is -0.206. The number of carbonyl (C=O) groups is 2. The average Bonchev–Trinajstić information content (AvgIpc) is 2.72. The standard InChI is InChI=1S/C21H21F3N2O3/c1-14(15-8-3-2-4-9-15)25-18(29-20(28)21(22,23)24)19(27)26-13-7-11-16-10-5-6-12-17(16)26/h2-6,8-10,12,14,18,25H,7,11,13H2,1H3/t14-,18?/m0/s1. The second-order valence-electron chi connectivity index (χ2n) is 6.80. The smallest absolute Gasteiger partial charge is 0.430 e. The number of aryl methyl sites for hydroxylation is 1. The van der Waals surface area contributed by atoms with Crippen molar-refractivity contribution in [3.63, 3.8) is 0 Å². The van der Waals surface area contributed by atoms with Crippen molar-refractivity contribution < 1.29 is 27.5 Å². The van der Waals surface area contributed by atoms with Gasteiger partial charge in [0.2, 0.25) is 6.23 Å². The molecule has 0 bridgehead atoms. The van der Waals surface area contributed by atoms with Crippen molar-refractivity contribution in [2.75, 3.05) is 11.4 Å². The van der Waals surface area contributed by atoms with Crippen LogP contribution in [-0.4, -0.2) is 30.8 Å². The molecule has 1 N–H and O–H groups in total. The summed E-state index contributed by atoms with van der Waals surface area (Å²) >= 11 is 0. The van der Waals surface area contributed by atoms with Crippen LogP contribution in [0.5, 0.6) is 0 Å². The molecule has 5 nitrogen and oxygen atoms in total. The molecule has 0 aromatic heterocycles. The fraction of sp³-hybridized carbons (Fsp3) is 0.333. The Labute approximate surface area is 166 Å². The molecular formula is C21H21F3N2O3. The van der Waals surface area contributed by atoms with Crippen molar-refractivity contribution in [2.45, 2.75) is 38.2 Å². The number of halogens is 3. The van der Waals surface area contributed by atoms with Gasteiger partial charge in [0.1, 0.15) is 0 Å². The van der Waals surface area contributed by atoms with Gasteiger partial charge in [0.25, 0.3) is 5.91 Å². The lowest BCUT2D eigenvalue weighted by Gasteiger charge is -2.33. The zero-order chi connectivity index (χ0) is 21.0. The number of carbonyl (C=O) groups excluding carboxylic acids is 2. The van der Waals surface area contributed by atoms with Crippen LogP contribution in [0.1, 0.15) is 30.5 Å². The number of alkyl halides is 3. The van der Waals surface area contributed by atoms with E-state index in [9.17, 15) is 22.8 Å². The fourth-order valence-corrected chi connectivity index (χ4v) is 3.30.